The van der Waals surface area contributed by atoms with Gasteiger partial charge in [-0.1, -0.05) is 18.2 Å². The average Bonchev–Trinajstić information content (AvgIpc) is 2.35. The van der Waals surface area contributed by atoms with Gasteiger partial charge >= 0.3 is 0 Å². The molecule has 2 rings (SSSR count). The minimum absolute atomic E-state index is 0.225. The highest BCUT2D eigenvalue weighted by molar-refractivity contribution is 9.13. The molecule has 0 aromatic heterocycles. The molecule has 0 aliphatic rings. The molecule has 2 aromatic rings. The van der Waals surface area contributed by atoms with Crippen molar-refractivity contribution in [2.45, 2.75) is 9.79 Å². The Bertz CT molecular complexity index is 682. The smallest absolute Gasteiger partial charge is 0.208 e. The molecule has 2 nitrogen and oxygen atoms in total. The second kappa shape index (κ2) is 5.45. The molecule has 0 bridgehead atoms. The van der Waals surface area contributed by atoms with E-state index in [4.69, 9.17) is 0 Å². The van der Waals surface area contributed by atoms with Gasteiger partial charge in [0.15, 0.2) is 0 Å². The molecule has 0 N–H and O–H groups in total. The molecule has 0 heterocycles. The molecule has 0 spiro atoms. The Hall–Kier alpha value is -0.170. The van der Waals surface area contributed by atoms with Crippen molar-refractivity contribution in [2.24, 2.45) is 0 Å². The third-order valence-corrected chi connectivity index (χ3v) is 7.38. The van der Waals surface area contributed by atoms with Gasteiger partial charge < -0.3 is 0 Å². The van der Waals surface area contributed by atoms with Gasteiger partial charge in [0.25, 0.3) is 0 Å². The first-order chi connectivity index (χ1) is 8.44. The second-order valence-corrected chi connectivity index (χ2v) is 7.88. The van der Waals surface area contributed by atoms with Gasteiger partial charge in [-0.05, 0) is 72.1 Å². The molecule has 0 atom stereocenters. The lowest BCUT2D eigenvalue weighted by Crippen LogP contribution is -2.04. The monoisotopic (exact) mass is 452 g/mol. The van der Waals surface area contributed by atoms with Gasteiger partial charge in [0.2, 0.25) is 9.84 Å². The molecule has 18 heavy (non-hydrogen) atoms. The molecular weight excluding hydrogens is 448 g/mol. The first-order valence-electron chi connectivity index (χ1n) is 4.88. The highest BCUT2D eigenvalue weighted by Gasteiger charge is 2.24. The average molecular weight is 455 g/mol. The highest BCUT2D eigenvalue weighted by atomic mass is 79.9. The molecule has 0 aliphatic heterocycles. The largest absolute Gasteiger partial charge is 0.218 e. The molecule has 2 aromatic carbocycles. The second-order valence-electron chi connectivity index (χ2n) is 3.49. The molecule has 6 heteroatoms. The van der Waals surface area contributed by atoms with Crippen LogP contribution in [0.15, 0.2) is 65.7 Å². The lowest BCUT2D eigenvalue weighted by atomic mass is 10.4. The van der Waals surface area contributed by atoms with Gasteiger partial charge in [-0.3, -0.25) is 0 Å². The Morgan fingerprint density at radius 1 is 0.778 bits per heavy atom. The topological polar surface area (TPSA) is 34.1 Å². The van der Waals surface area contributed by atoms with Gasteiger partial charge in [-0.2, -0.15) is 0 Å². The molecule has 0 saturated carbocycles. The quantitative estimate of drug-likeness (QED) is 0.610. The number of halogens is 3. The molecule has 0 fully saturated rings. The summed E-state index contributed by atoms with van der Waals surface area (Å²) in [7, 11) is -3.55. The van der Waals surface area contributed by atoms with Crippen LogP contribution in [0.25, 0.3) is 0 Å². The fourth-order valence-electron chi connectivity index (χ4n) is 1.47. The van der Waals surface area contributed by atoms with Crippen molar-refractivity contribution in [1.29, 1.82) is 0 Å². The molecule has 0 aliphatic carbocycles. The Kier molecular flexibility index (Phi) is 4.31. The first kappa shape index (κ1) is 14.2. The molecule has 94 valence electrons. The van der Waals surface area contributed by atoms with E-state index in [0.29, 0.717) is 13.4 Å². The number of benzene rings is 2. The Morgan fingerprint density at radius 3 is 1.94 bits per heavy atom. The van der Waals surface area contributed by atoms with Crippen molar-refractivity contribution in [1.82, 2.24) is 0 Å². The van der Waals surface area contributed by atoms with Crippen molar-refractivity contribution in [3.63, 3.8) is 0 Å². The standard InChI is InChI=1S/C12H7Br3O2S/c13-9-6-7-10(14)12(11(9)15)18(16,17)8-4-2-1-3-5-8/h1-7H. The summed E-state index contributed by atoms with van der Waals surface area (Å²) < 4.78 is 26.8. The lowest BCUT2D eigenvalue weighted by molar-refractivity contribution is 0.595. The number of sulfone groups is 1. The zero-order valence-corrected chi connectivity index (χ0v) is 14.5. The van der Waals surface area contributed by atoms with E-state index in [0.717, 1.165) is 0 Å². The van der Waals surface area contributed by atoms with Crippen LogP contribution in [0.5, 0.6) is 0 Å². The number of rotatable bonds is 2. The van der Waals surface area contributed by atoms with Crippen LogP contribution in [0.2, 0.25) is 0 Å². The number of hydrogen-bond acceptors (Lipinski definition) is 2. The van der Waals surface area contributed by atoms with E-state index >= 15 is 0 Å². The zero-order valence-electron chi connectivity index (χ0n) is 8.90. The summed E-state index contributed by atoms with van der Waals surface area (Å²) in [6.45, 7) is 0. The van der Waals surface area contributed by atoms with E-state index in [-0.39, 0.29) is 9.79 Å². The summed E-state index contributed by atoms with van der Waals surface area (Å²) in [5.74, 6) is 0. The van der Waals surface area contributed by atoms with E-state index in [1.807, 2.05) is 0 Å². The van der Waals surface area contributed by atoms with Crippen LogP contribution in [0.3, 0.4) is 0 Å². The van der Waals surface area contributed by atoms with Crippen LogP contribution in [0.4, 0.5) is 0 Å². The summed E-state index contributed by atoms with van der Waals surface area (Å²) in [5, 5.41) is 0. The van der Waals surface area contributed by atoms with E-state index < -0.39 is 9.84 Å². The summed E-state index contributed by atoms with van der Waals surface area (Å²) in [4.78, 5) is 0.493. The SMILES string of the molecule is O=S(=O)(c1ccccc1)c1c(Br)ccc(Br)c1Br. The third kappa shape index (κ3) is 2.57. The highest BCUT2D eigenvalue weighted by Crippen LogP contribution is 2.38. The predicted octanol–water partition coefficient (Wildman–Crippen LogP) is 4.81. The first-order valence-corrected chi connectivity index (χ1v) is 8.74. The Morgan fingerprint density at radius 2 is 1.33 bits per heavy atom. The molecule has 0 radical (unpaired) electrons. The van der Waals surface area contributed by atoms with E-state index in [1.54, 1.807) is 42.5 Å². The van der Waals surface area contributed by atoms with E-state index in [9.17, 15) is 8.42 Å². The van der Waals surface area contributed by atoms with E-state index in [2.05, 4.69) is 47.8 Å². The maximum atomic E-state index is 12.5. The van der Waals surface area contributed by atoms with Gasteiger partial charge in [0, 0.05) is 8.95 Å². The van der Waals surface area contributed by atoms with Crippen molar-refractivity contribution in [2.75, 3.05) is 0 Å². The van der Waals surface area contributed by atoms with Crippen LogP contribution in [0.1, 0.15) is 0 Å². The van der Waals surface area contributed by atoms with Gasteiger partial charge in [-0.15, -0.1) is 0 Å². The fraction of sp³-hybridized carbons (Fsp3) is 0. The summed E-state index contributed by atoms with van der Waals surface area (Å²) in [5.41, 5.74) is 0. The van der Waals surface area contributed by atoms with Crippen molar-refractivity contribution < 1.29 is 8.42 Å². The zero-order chi connectivity index (χ0) is 13.3. The molecule has 0 saturated heterocycles. The summed E-state index contributed by atoms with van der Waals surface area (Å²) >= 11 is 9.91. The van der Waals surface area contributed by atoms with Crippen LogP contribution in [-0.2, 0) is 9.84 Å². The van der Waals surface area contributed by atoms with Gasteiger partial charge in [-0.25, -0.2) is 8.42 Å². The molecule has 0 unspecified atom stereocenters. The normalized spacial score (nSPS) is 11.5. The maximum absolute atomic E-state index is 12.5. The van der Waals surface area contributed by atoms with Crippen LogP contribution in [0, 0.1) is 0 Å². The summed E-state index contributed by atoms with van der Waals surface area (Å²) in [6.07, 6.45) is 0. The molecule has 0 amide bonds. The minimum atomic E-state index is -3.55. The van der Waals surface area contributed by atoms with E-state index in [1.165, 1.54) is 0 Å². The van der Waals surface area contributed by atoms with Gasteiger partial charge in [0.05, 0.1) is 9.37 Å². The number of hydrogen-bond donors (Lipinski definition) is 0. The predicted molar refractivity (Wildman–Crippen MR) is 81.4 cm³/mol. The van der Waals surface area contributed by atoms with Gasteiger partial charge in [0.1, 0.15) is 4.90 Å². The van der Waals surface area contributed by atoms with Crippen molar-refractivity contribution >= 4 is 57.6 Å². The Balaban J connectivity index is 2.74. The van der Waals surface area contributed by atoms with Crippen molar-refractivity contribution in [3.8, 4) is 0 Å². The van der Waals surface area contributed by atoms with Crippen LogP contribution in [-0.4, -0.2) is 8.42 Å². The lowest BCUT2D eigenvalue weighted by Gasteiger charge is -2.10. The summed E-state index contributed by atoms with van der Waals surface area (Å²) in [6, 6.07) is 11.8. The van der Waals surface area contributed by atoms with Crippen LogP contribution >= 0.6 is 47.8 Å². The van der Waals surface area contributed by atoms with Crippen LogP contribution < -0.4 is 0 Å². The van der Waals surface area contributed by atoms with Crippen molar-refractivity contribution in [3.05, 3.63) is 55.9 Å². The maximum Gasteiger partial charge on any atom is 0.208 e. The fourth-order valence-corrected chi connectivity index (χ4v) is 5.58. The third-order valence-electron chi connectivity index (χ3n) is 2.32. The minimum Gasteiger partial charge on any atom is -0.218 e. The Labute approximate surface area is 131 Å². The molecular formula is C12H7Br3O2S.